The molecule has 0 spiro atoms. The van der Waals surface area contributed by atoms with Gasteiger partial charge < -0.3 is 4.74 Å². The Morgan fingerprint density at radius 1 is 1.18 bits per heavy atom. The molecule has 0 saturated carbocycles. The predicted octanol–water partition coefficient (Wildman–Crippen LogP) is 5.08. The van der Waals surface area contributed by atoms with E-state index >= 15 is 0 Å². The molecule has 0 aliphatic carbocycles. The summed E-state index contributed by atoms with van der Waals surface area (Å²) in [6.07, 6.45) is 3.87. The van der Waals surface area contributed by atoms with Crippen molar-refractivity contribution >= 4 is 5.78 Å². The van der Waals surface area contributed by atoms with Gasteiger partial charge in [0.2, 0.25) is 0 Å². The first-order valence-electron chi connectivity index (χ1n) is 8.09. The molecule has 22 heavy (non-hydrogen) atoms. The van der Waals surface area contributed by atoms with E-state index in [4.69, 9.17) is 4.74 Å². The van der Waals surface area contributed by atoms with Crippen molar-refractivity contribution in [1.29, 1.82) is 0 Å². The monoisotopic (exact) mass is 312 g/mol. The number of hydrogen-bond donors (Lipinski definition) is 0. The molecule has 0 aliphatic rings. The molecule has 0 radical (unpaired) electrons. The minimum absolute atomic E-state index is 0.0577. The molecule has 0 saturated heterocycles. The van der Waals surface area contributed by atoms with Crippen molar-refractivity contribution in [2.75, 3.05) is 6.61 Å². The van der Waals surface area contributed by atoms with E-state index in [0.717, 1.165) is 19.3 Å². The number of Topliss-reactive ketones (excluding diaryl/α,β-unsaturated/α-hetero) is 1. The first-order valence-corrected chi connectivity index (χ1v) is 8.09. The number of benzene rings is 1. The average molecular weight is 312 g/mol. The fraction of sp³-hybridized carbons (Fsp3) is 0.611. The van der Waals surface area contributed by atoms with Gasteiger partial charge in [0.1, 0.15) is 11.6 Å². The van der Waals surface area contributed by atoms with Crippen LogP contribution in [-0.2, 0) is 11.2 Å². The van der Waals surface area contributed by atoms with E-state index in [-0.39, 0.29) is 23.0 Å². The zero-order valence-corrected chi connectivity index (χ0v) is 13.8. The zero-order valence-electron chi connectivity index (χ0n) is 13.8. The van der Waals surface area contributed by atoms with Crippen molar-refractivity contribution in [3.63, 3.8) is 0 Å². The molecule has 0 aromatic heterocycles. The van der Waals surface area contributed by atoms with Gasteiger partial charge in [0.25, 0.3) is 0 Å². The molecule has 1 aromatic carbocycles. The van der Waals surface area contributed by atoms with Crippen LogP contribution in [0, 0.1) is 17.6 Å². The standard InChI is InChI=1S/C18H26F2O2/c1-4-12-22-17-11-10-15(19)14(18(17)20)8-6-5-7-9-16(21)13(2)3/h10-11,13H,4-9,12H2,1-3H3. The summed E-state index contributed by atoms with van der Waals surface area (Å²) in [7, 11) is 0. The first-order chi connectivity index (χ1) is 10.5. The quantitative estimate of drug-likeness (QED) is 0.563. The van der Waals surface area contributed by atoms with Crippen molar-refractivity contribution in [2.45, 2.75) is 59.3 Å². The van der Waals surface area contributed by atoms with Gasteiger partial charge in [-0.1, -0.05) is 27.2 Å². The second-order valence-electron chi connectivity index (χ2n) is 5.87. The number of ketones is 1. The number of ether oxygens (including phenoxy) is 1. The van der Waals surface area contributed by atoms with Gasteiger partial charge in [-0.25, -0.2) is 8.78 Å². The van der Waals surface area contributed by atoms with Gasteiger partial charge in [-0.2, -0.15) is 0 Å². The normalized spacial score (nSPS) is 11.0. The van der Waals surface area contributed by atoms with Crippen LogP contribution in [0.1, 0.15) is 58.4 Å². The Morgan fingerprint density at radius 2 is 1.91 bits per heavy atom. The highest BCUT2D eigenvalue weighted by Gasteiger charge is 2.14. The molecule has 2 nitrogen and oxygen atoms in total. The molecule has 0 N–H and O–H groups in total. The lowest BCUT2D eigenvalue weighted by atomic mass is 10.0. The van der Waals surface area contributed by atoms with E-state index in [0.29, 0.717) is 25.9 Å². The van der Waals surface area contributed by atoms with Crippen molar-refractivity contribution in [3.8, 4) is 5.75 Å². The SMILES string of the molecule is CCCOc1ccc(F)c(CCCCCC(=O)C(C)C)c1F. The Bertz CT molecular complexity index is 484. The van der Waals surface area contributed by atoms with Crippen LogP contribution in [-0.4, -0.2) is 12.4 Å². The van der Waals surface area contributed by atoms with E-state index in [1.165, 1.54) is 12.1 Å². The Morgan fingerprint density at radius 3 is 2.55 bits per heavy atom. The van der Waals surface area contributed by atoms with E-state index in [9.17, 15) is 13.6 Å². The average Bonchev–Trinajstić information content (AvgIpc) is 2.48. The summed E-state index contributed by atoms with van der Waals surface area (Å²) in [5.74, 6) is -0.700. The van der Waals surface area contributed by atoms with Crippen LogP contribution in [0.2, 0.25) is 0 Å². The second-order valence-corrected chi connectivity index (χ2v) is 5.87. The summed E-state index contributed by atoms with van der Waals surface area (Å²) < 4.78 is 33.2. The van der Waals surface area contributed by atoms with Crippen LogP contribution >= 0.6 is 0 Å². The number of carbonyl (C=O) groups is 1. The smallest absolute Gasteiger partial charge is 0.171 e. The van der Waals surface area contributed by atoms with Crippen LogP contribution in [0.25, 0.3) is 0 Å². The van der Waals surface area contributed by atoms with E-state index < -0.39 is 11.6 Å². The number of halogens is 2. The summed E-state index contributed by atoms with van der Waals surface area (Å²) >= 11 is 0. The number of hydrogen-bond acceptors (Lipinski definition) is 2. The molecule has 124 valence electrons. The molecule has 0 amide bonds. The van der Waals surface area contributed by atoms with E-state index in [2.05, 4.69) is 0 Å². The van der Waals surface area contributed by atoms with Crippen LogP contribution in [0.5, 0.6) is 5.75 Å². The topological polar surface area (TPSA) is 26.3 Å². The molecule has 0 aliphatic heterocycles. The molecule has 0 atom stereocenters. The van der Waals surface area contributed by atoms with Gasteiger partial charge in [0.15, 0.2) is 11.6 Å². The van der Waals surface area contributed by atoms with E-state index in [1.807, 2.05) is 20.8 Å². The van der Waals surface area contributed by atoms with Gasteiger partial charge in [-0.15, -0.1) is 0 Å². The molecule has 1 rings (SSSR count). The lowest BCUT2D eigenvalue weighted by Crippen LogP contribution is -2.06. The fourth-order valence-corrected chi connectivity index (χ4v) is 2.20. The second kappa shape index (κ2) is 9.54. The number of carbonyl (C=O) groups excluding carboxylic acids is 1. The molecule has 0 bridgehead atoms. The Hall–Kier alpha value is -1.45. The summed E-state index contributed by atoms with van der Waals surface area (Å²) in [5, 5.41) is 0. The third-order valence-electron chi connectivity index (χ3n) is 3.61. The maximum absolute atomic E-state index is 14.2. The molecule has 1 aromatic rings. The molecule has 0 unspecified atom stereocenters. The van der Waals surface area contributed by atoms with Crippen LogP contribution < -0.4 is 4.74 Å². The Balaban J connectivity index is 2.49. The van der Waals surface area contributed by atoms with Gasteiger partial charge in [0.05, 0.1) is 6.61 Å². The zero-order chi connectivity index (χ0) is 16.5. The predicted molar refractivity (Wildman–Crippen MR) is 84.2 cm³/mol. The van der Waals surface area contributed by atoms with Crippen molar-refractivity contribution in [1.82, 2.24) is 0 Å². The highest BCUT2D eigenvalue weighted by atomic mass is 19.1. The van der Waals surface area contributed by atoms with Crippen LogP contribution in [0.15, 0.2) is 12.1 Å². The molecule has 0 fully saturated rings. The summed E-state index contributed by atoms with van der Waals surface area (Å²) in [6, 6.07) is 2.59. The lowest BCUT2D eigenvalue weighted by molar-refractivity contribution is -0.122. The minimum atomic E-state index is -0.591. The summed E-state index contributed by atoms with van der Waals surface area (Å²) in [5.41, 5.74) is 0.0868. The van der Waals surface area contributed by atoms with Gasteiger partial charge in [0, 0.05) is 17.9 Å². The van der Waals surface area contributed by atoms with Gasteiger partial charge >= 0.3 is 0 Å². The van der Waals surface area contributed by atoms with Crippen LogP contribution in [0.4, 0.5) is 8.78 Å². The molecular formula is C18H26F2O2. The maximum Gasteiger partial charge on any atom is 0.171 e. The van der Waals surface area contributed by atoms with Crippen molar-refractivity contribution < 1.29 is 18.3 Å². The van der Waals surface area contributed by atoms with Gasteiger partial charge in [-0.05, 0) is 37.8 Å². The third kappa shape index (κ3) is 5.74. The number of unbranched alkanes of at least 4 members (excludes halogenated alkanes) is 2. The largest absolute Gasteiger partial charge is 0.491 e. The summed E-state index contributed by atoms with van der Waals surface area (Å²) in [4.78, 5) is 11.5. The van der Waals surface area contributed by atoms with Crippen molar-refractivity contribution in [2.24, 2.45) is 5.92 Å². The third-order valence-corrected chi connectivity index (χ3v) is 3.61. The number of rotatable bonds is 10. The molecule has 0 heterocycles. The van der Waals surface area contributed by atoms with Crippen LogP contribution in [0.3, 0.4) is 0 Å². The lowest BCUT2D eigenvalue weighted by Gasteiger charge is -2.11. The molecular weight excluding hydrogens is 286 g/mol. The Labute approximate surface area is 131 Å². The summed E-state index contributed by atoms with van der Waals surface area (Å²) in [6.45, 7) is 6.11. The highest BCUT2D eigenvalue weighted by Crippen LogP contribution is 2.25. The van der Waals surface area contributed by atoms with Crippen molar-refractivity contribution in [3.05, 3.63) is 29.3 Å². The van der Waals surface area contributed by atoms with Gasteiger partial charge in [-0.3, -0.25) is 4.79 Å². The molecule has 4 heteroatoms. The van der Waals surface area contributed by atoms with E-state index in [1.54, 1.807) is 0 Å². The first kappa shape index (κ1) is 18.6. The Kier molecular flexibility index (Phi) is 8.07. The highest BCUT2D eigenvalue weighted by molar-refractivity contribution is 5.80. The maximum atomic E-state index is 14.2. The fourth-order valence-electron chi connectivity index (χ4n) is 2.20. The minimum Gasteiger partial charge on any atom is -0.491 e.